The minimum atomic E-state index is -0.657. The van der Waals surface area contributed by atoms with Crippen molar-refractivity contribution in [1.29, 1.82) is 0 Å². The molecule has 3 heterocycles. The molecule has 2 aromatic carbocycles. The fraction of sp³-hybridized carbons (Fsp3) is 0.130. The van der Waals surface area contributed by atoms with Gasteiger partial charge in [0.2, 0.25) is 0 Å². The normalized spacial score (nSPS) is 15.6. The van der Waals surface area contributed by atoms with Crippen LogP contribution in [-0.2, 0) is 0 Å². The summed E-state index contributed by atoms with van der Waals surface area (Å²) in [5, 5.41) is 14.7. The number of nitro benzene ring substituents is 1. The van der Waals surface area contributed by atoms with Crippen molar-refractivity contribution < 1.29 is 14.1 Å². The van der Waals surface area contributed by atoms with Gasteiger partial charge in [0.1, 0.15) is 17.7 Å². The second-order valence-corrected chi connectivity index (χ2v) is 9.70. The Morgan fingerprint density at radius 1 is 1.12 bits per heavy atom. The molecule has 1 aliphatic rings. The number of para-hydroxylation sites is 2. The molecule has 0 radical (unpaired) electrons. The van der Waals surface area contributed by atoms with Gasteiger partial charge in [-0.1, -0.05) is 12.1 Å². The van der Waals surface area contributed by atoms with Crippen molar-refractivity contribution in [3.8, 4) is 10.6 Å². The molecule has 0 aliphatic carbocycles. The maximum atomic E-state index is 14.0. The summed E-state index contributed by atoms with van der Waals surface area (Å²) in [5.41, 5.74) is 1.51. The van der Waals surface area contributed by atoms with E-state index in [1.165, 1.54) is 34.4 Å². The number of hydrogen-bond donors (Lipinski definition) is 0. The second kappa shape index (κ2) is 8.05. The summed E-state index contributed by atoms with van der Waals surface area (Å²) in [6.07, 6.45) is -0.657. The average Bonchev–Trinajstić information content (AvgIpc) is 3.45. The van der Waals surface area contributed by atoms with E-state index in [0.717, 1.165) is 20.5 Å². The Balaban J connectivity index is 1.70. The smallest absolute Gasteiger partial charge is 0.293 e. The van der Waals surface area contributed by atoms with Gasteiger partial charge in [0, 0.05) is 23.4 Å². The lowest BCUT2D eigenvalue weighted by atomic mass is 10.0. The Morgan fingerprint density at radius 3 is 2.64 bits per heavy atom. The van der Waals surface area contributed by atoms with E-state index < -0.39 is 22.8 Å². The van der Waals surface area contributed by atoms with Gasteiger partial charge in [0.05, 0.1) is 31.8 Å². The van der Waals surface area contributed by atoms with Crippen LogP contribution < -0.4 is 9.80 Å². The summed E-state index contributed by atoms with van der Waals surface area (Å²) in [6, 6.07) is 14.0. The van der Waals surface area contributed by atoms with E-state index in [2.05, 4.69) is 4.98 Å². The molecule has 0 saturated carbocycles. The predicted octanol–water partition coefficient (Wildman–Crippen LogP) is 6.02. The Hall–Kier alpha value is -3.63. The Morgan fingerprint density at radius 2 is 1.91 bits per heavy atom. The van der Waals surface area contributed by atoms with E-state index in [1.54, 1.807) is 42.6 Å². The zero-order chi connectivity index (χ0) is 23.3. The molecule has 4 aromatic rings. The molecule has 0 bridgehead atoms. The van der Waals surface area contributed by atoms with Crippen molar-refractivity contribution >= 4 is 45.6 Å². The van der Waals surface area contributed by atoms with Crippen LogP contribution in [0.5, 0.6) is 0 Å². The molecule has 7 nitrogen and oxygen atoms in total. The number of hydrogen-bond acceptors (Lipinski definition) is 7. The van der Waals surface area contributed by atoms with Crippen LogP contribution in [0.2, 0.25) is 0 Å². The first-order valence-corrected chi connectivity index (χ1v) is 11.7. The van der Waals surface area contributed by atoms with Gasteiger partial charge in [-0.25, -0.2) is 9.37 Å². The zero-order valence-electron chi connectivity index (χ0n) is 17.6. The predicted molar refractivity (Wildman–Crippen MR) is 128 cm³/mol. The number of aromatic nitrogens is 1. The molecule has 0 fully saturated rings. The minimum Gasteiger partial charge on any atom is -0.349 e. The monoisotopic (exact) mass is 480 g/mol. The lowest BCUT2D eigenvalue weighted by Crippen LogP contribution is -2.48. The van der Waals surface area contributed by atoms with Gasteiger partial charge in [0.25, 0.3) is 11.6 Å². The molecule has 1 atom stereocenters. The average molecular weight is 481 g/mol. The van der Waals surface area contributed by atoms with Crippen LogP contribution >= 0.6 is 22.7 Å². The van der Waals surface area contributed by atoms with E-state index in [-0.39, 0.29) is 16.9 Å². The van der Waals surface area contributed by atoms with E-state index in [9.17, 15) is 19.3 Å². The van der Waals surface area contributed by atoms with Gasteiger partial charge in [-0.15, -0.1) is 22.7 Å². The quantitative estimate of drug-likeness (QED) is 0.263. The summed E-state index contributed by atoms with van der Waals surface area (Å²) in [6.45, 7) is 1.93. The maximum Gasteiger partial charge on any atom is 0.293 e. The molecule has 1 amide bonds. The molecule has 0 saturated heterocycles. The fourth-order valence-electron chi connectivity index (χ4n) is 4.02. The summed E-state index contributed by atoms with van der Waals surface area (Å²) in [5.74, 6) is -1.05. The van der Waals surface area contributed by atoms with Crippen LogP contribution in [-0.4, -0.2) is 22.9 Å². The first-order chi connectivity index (χ1) is 15.8. The fourth-order valence-corrected chi connectivity index (χ4v) is 5.81. The topological polar surface area (TPSA) is 79.6 Å². The summed E-state index contributed by atoms with van der Waals surface area (Å²) >= 11 is 3.02. The Bertz CT molecular complexity index is 1400. The first-order valence-electron chi connectivity index (χ1n) is 9.96. The Labute approximate surface area is 196 Å². The standard InChI is InChI=1S/C23H17FN4O3S2/c1-13-25-16(12-32-13)20-9-10-21(33-20)22-26(2)17-8-7-14(24)11-15(17)23(29)27(22)18-5-3-4-6-19(18)28(30)31/h3-12,22H,1-2H3. The summed E-state index contributed by atoms with van der Waals surface area (Å²) < 4.78 is 14.0. The Kier molecular flexibility index (Phi) is 5.18. The number of carbonyl (C=O) groups is 1. The van der Waals surface area contributed by atoms with Crippen LogP contribution in [0.25, 0.3) is 10.6 Å². The SMILES string of the molecule is Cc1nc(-c2ccc(C3N(C)c4ccc(F)cc4C(=O)N3c3ccccc3[N+](=O)[O-])s2)cs1. The number of anilines is 2. The first kappa shape index (κ1) is 21.2. The van der Waals surface area contributed by atoms with Gasteiger partial charge in [0.15, 0.2) is 0 Å². The van der Waals surface area contributed by atoms with Gasteiger partial charge < -0.3 is 4.90 Å². The van der Waals surface area contributed by atoms with Crippen molar-refractivity contribution in [2.75, 3.05) is 16.8 Å². The van der Waals surface area contributed by atoms with Crippen molar-refractivity contribution in [3.05, 3.63) is 91.4 Å². The molecule has 1 unspecified atom stereocenters. The number of fused-ring (bicyclic) bond motifs is 1. The van der Waals surface area contributed by atoms with Crippen LogP contribution in [0.4, 0.5) is 21.5 Å². The molecule has 10 heteroatoms. The number of thiophene rings is 1. The van der Waals surface area contributed by atoms with Crippen LogP contribution in [0.3, 0.4) is 0 Å². The number of amides is 1. The van der Waals surface area contributed by atoms with E-state index in [1.807, 2.05) is 29.3 Å². The number of carbonyl (C=O) groups excluding carboxylic acids is 1. The third-order valence-corrected chi connectivity index (χ3v) is 7.41. The van der Waals surface area contributed by atoms with Crippen molar-refractivity contribution in [1.82, 2.24) is 4.98 Å². The molecule has 33 heavy (non-hydrogen) atoms. The third-order valence-electron chi connectivity index (χ3n) is 5.49. The second-order valence-electron chi connectivity index (χ2n) is 7.52. The molecular weight excluding hydrogens is 463 g/mol. The molecular formula is C23H17FN4O3S2. The summed E-state index contributed by atoms with van der Waals surface area (Å²) in [7, 11) is 1.79. The molecule has 166 valence electrons. The number of halogens is 1. The highest BCUT2D eigenvalue weighted by Gasteiger charge is 2.41. The number of nitrogens with zero attached hydrogens (tertiary/aromatic N) is 4. The van der Waals surface area contributed by atoms with Gasteiger partial charge in [-0.3, -0.25) is 19.8 Å². The van der Waals surface area contributed by atoms with E-state index in [4.69, 9.17) is 0 Å². The third kappa shape index (κ3) is 3.57. The zero-order valence-corrected chi connectivity index (χ0v) is 19.2. The number of rotatable bonds is 4. The number of aryl methyl sites for hydroxylation is 1. The number of nitro groups is 1. The molecule has 2 aromatic heterocycles. The summed E-state index contributed by atoms with van der Waals surface area (Å²) in [4.78, 5) is 34.4. The van der Waals surface area contributed by atoms with Crippen LogP contribution in [0.1, 0.15) is 26.4 Å². The molecule has 5 rings (SSSR count). The molecule has 0 N–H and O–H groups in total. The minimum absolute atomic E-state index is 0.152. The van der Waals surface area contributed by atoms with Gasteiger partial charge >= 0.3 is 0 Å². The van der Waals surface area contributed by atoms with Gasteiger partial charge in [-0.2, -0.15) is 0 Å². The van der Waals surface area contributed by atoms with Gasteiger partial charge in [-0.05, 0) is 43.3 Å². The van der Waals surface area contributed by atoms with Crippen molar-refractivity contribution in [3.63, 3.8) is 0 Å². The van der Waals surface area contributed by atoms with Crippen LogP contribution in [0, 0.1) is 22.9 Å². The molecule has 1 aliphatic heterocycles. The van der Waals surface area contributed by atoms with E-state index >= 15 is 0 Å². The van der Waals surface area contributed by atoms with Crippen molar-refractivity contribution in [2.24, 2.45) is 0 Å². The van der Waals surface area contributed by atoms with Crippen molar-refractivity contribution in [2.45, 2.75) is 13.1 Å². The number of thiazole rings is 1. The number of benzene rings is 2. The highest BCUT2D eigenvalue weighted by atomic mass is 32.1. The lowest BCUT2D eigenvalue weighted by Gasteiger charge is -2.43. The van der Waals surface area contributed by atoms with E-state index in [0.29, 0.717) is 5.69 Å². The largest absolute Gasteiger partial charge is 0.349 e. The van der Waals surface area contributed by atoms with Crippen LogP contribution in [0.15, 0.2) is 60.0 Å². The highest BCUT2D eigenvalue weighted by Crippen LogP contribution is 2.45. The highest BCUT2D eigenvalue weighted by molar-refractivity contribution is 7.16. The molecule has 0 spiro atoms. The maximum absolute atomic E-state index is 14.0. The lowest BCUT2D eigenvalue weighted by molar-refractivity contribution is -0.384.